The Morgan fingerprint density at radius 3 is 2.91 bits per heavy atom. The highest BCUT2D eigenvalue weighted by molar-refractivity contribution is 7.99. The monoisotopic (exact) mass is 342 g/mol. The molecule has 0 aromatic heterocycles. The van der Waals surface area contributed by atoms with Crippen LogP contribution in [-0.2, 0) is 10.5 Å². The molecule has 1 heterocycles. The SMILES string of the molecule is CCCN(C(=O)CSCc1cccc(C)c1)C1CCNC1.Cl. The molecule has 2 rings (SSSR count). The summed E-state index contributed by atoms with van der Waals surface area (Å²) in [6.45, 7) is 7.12. The molecule has 1 N–H and O–H groups in total. The van der Waals surface area contributed by atoms with E-state index in [4.69, 9.17) is 0 Å². The molecule has 124 valence electrons. The number of thioether (sulfide) groups is 1. The van der Waals surface area contributed by atoms with Gasteiger partial charge in [-0.1, -0.05) is 36.8 Å². The molecule has 1 atom stereocenters. The Bertz CT molecular complexity index is 464. The maximum atomic E-state index is 12.5. The summed E-state index contributed by atoms with van der Waals surface area (Å²) in [5, 5.41) is 3.35. The van der Waals surface area contributed by atoms with Crippen molar-refractivity contribution in [2.45, 2.75) is 38.5 Å². The molecule has 1 aromatic carbocycles. The zero-order chi connectivity index (χ0) is 15.1. The molecule has 1 unspecified atom stereocenters. The smallest absolute Gasteiger partial charge is 0.232 e. The summed E-state index contributed by atoms with van der Waals surface area (Å²) in [6.07, 6.45) is 2.12. The Hall–Kier alpha value is -0.710. The van der Waals surface area contributed by atoms with Crippen molar-refractivity contribution in [2.24, 2.45) is 0 Å². The lowest BCUT2D eigenvalue weighted by Crippen LogP contribution is -2.43. The summed E-state index contributed by atoms with van der Waals surface area (Å²) >= 11 is 1.72. The van der Waals surface area contributed by atoms with Crippen molar-refractivity contribution in [3.63, 3.8) is 0 Å². The van der Waals surface area contributed by atoms with Crippen molar-refractivity contribution in [2.75, 3.05) is 25.4 Å². The first kappa shape index (κ1) is 19.3. The summed E-state index contributed by atoms with van der Waals surface area (Å²) in [4.78, 5) is 14.5. The van der Waals surface area contributed by atoms with Gasteiger partial charge in [-0.05, 0) is 31.9 Å². The number of hydrogen-bond acceptors (Lipinski definition) is 3. The first-order valence-electron chi connectivity index (χ1n) is 7.84. The van der Waals surface area contributed by atoms with Gasteiger partial charge in [0, 0.05) is 24.9 Å². The van der Waals surface area contributed by atoms with Crippen LogP contribution in [0.3, 0.4) is 0 Å². The summed E-state index contributed by atoms with van der Waals surface area (Å²) < 4.78 is 0. The summed E-state index contributed by atoms with van der Waals surface area (Å²) in [7, 11) is 0. The molecule has 1 fully saturated rings. The number of carbonyl (C=O) groups is 1. The lowest BCUT2D eigenvalue weighted by molar-refractivity contribution is -0.130. The van der Waals surface area contributed by atoms with E-state index in [1.165, 1.54) is 11.1 Å². The molecule has 1 aliphatic rings. The van der Waals surface area contributed by atoms with Crippen LogP contribution >= 0.6 is 24.2 Å². The lowest BCUT2D eigenvalue weighted by atomic mass is 10.2. The van der Waals surface area contributed by atoms with E-state index in [-0.39, 0.29) is 12.4 Å². The molecule has 3 nitrogen and oxygen atoms in total. The average Bonchev–Trinajstić information content (AvgIpc) is 2.98. The molecule has 1 saturated heterocycles. The second-order valence-electron chi connectivity index (χ2n) is 5.72. The fourth-order valence-corrected chi connectivity index (χ4v) is 3.66. The lowest BCUT2D eigenvalue weighted by Gasteiger charge is -2.28. The van der Waals surface area contributed by atoms with Crippen LogP contribution < -0.4 is 5.32 Å². The molecular formula is C17H27ClN2OS. The number of halogens is 1. The van der Waals surface area contributed by atoms with Gasteiger partial charge in [0.15, 0.2) is 0 Å². The minimum Gasteiger partial charge on any atom is -0.338 e. The van der Waals surface area contributed by atoms with Gasteiger partial charge in [0.1, 0.15) is 0 Å². The van der Waals surface area contributed by atoms with Crippen LogP contribution in [0.1, 0.15) is 30.9 Å². The molecule has 1 aromatic rings. The van der Waals surface area contributed by atoms with Crippen molar-refractivity contribution < 1.29 is 4.79 Å². The van der Waals surface area contributed by atoms with E-state index >= 15 is 0 Å². The summed E-state index contributed by atoms with van der Waals surface area (Å²) in [5.74, 6) is 1.80. The number of amides is 1. The van der Waals surface area contributed by atoms with Crippen LogP contribution in [0.2, 0.25) is 0 Å². The summed E-state index contributed by atoms with van der Waals surface area (Å²) in [5.41, 5.74) is 2.58. The van der Waals surface area contributed by atoms with Gasteiger partial charge in [-0.15, -0.1) is 24.2 Å². The average molecular weight is 343 g/mol. The van der Waals surface area contributed by atoms with Gasteiger partial charge in [0.05, 0.1) is 5.75 Å². The highest BCUT2D eigenvalue weighted by Gasteiger charge is 2.25. The van der Waals surface area contributed by atoms with Crippen molar-refractivity contribution in [1.29, 1.82) is 0 Å². The van der Waals surface area contributed by atoms with E-state index < -0.39 is 0 Å². The molecule has 0 aliphatic carbocycles. The fourth-order valence-electron chi connectivity index (χ4n) is 2.80. The predicted octanol–water partition coefficient (Wildman–Crippen LogP) is 3.25. The third kappa shape index (κ3) is 5.82. The number of rotatable bonds is 7. The standard InChI is InChI=1S/C17H26N2OS.ClH/c1-3-9-19(16-7-8-18-11-16)17(20)13-21-12-15-6-4-5-14(2)10-15;/h4-6,10,16,18H,3,7-9,11-13H2,1-2H3;1H. The topological polar surface area (TPSA) is 32.3 Å². The number of hydrogen-bond donors (Lipinski definition) is 1. The number of aryl methyl sites for hydroxylation is 1. The minimum atomic E-state index is 0. The Morgan fingerprint density at radius 1 is 1.45 bits per heavy atom. The second-order valence-corrected chi connectivity index (χ2v) is 6.70. The first-order valence-corrected chi connectivity index (χ1v) is 8.99. The molecule has 0 saturated carbocycles. The van der Waals surface area contributed by atoms with Gasteiger partial charge in [-0.25, -0.2) is 0 Å². The number of nitrogens with zero attached hydrogens (tertiary/aromatic N) is 1. The van der Waals surface area contributed by atoms with E-state index in [2.05, 4.69) is 48.3 Å². The molecule has 1 aliphatic heterocycles. The highest BCUT2D eigenvalue weighted by Crippen LogP contribution is 2.16. The largest absolute Gasteiger partial charge is 0.338 e. The van der Waals surface area contributed by atoms with E-state index in [9.17, 15) is 4.79 Å². The predicted molar refractivity (Wildman–Crippen MR) is 97.9 cm³/mol. The molecule has 0 bridgehead atoms. The van der Waals surface area contributed by atoms with Gasteiger partial charge >= 0.3 is 0 Å². The van der Waals surface area contributed by atoms with E-state index in [0.717, 1.165) is 38.2 Å². The van der Waals surface area contributed by atoms with E-state index in [1.54, 1.807) is 11.8 Å². The minimum absolute atomic E-state index is 0. The highest BCUT2D eigenvalue weighted by atomic mass is 35.5. The maximum Gasteiger partial charge on any atom is 0.232 e. The number of nitrogens with one attached hydrogen (secondary N) is 1. The Morgan fingerprint density at radius 2 is 2.27 bits per heavy atom. The first-order chi connectivity index (χ1) is 10.2. The quantitative estimate of drug-likeness (QED) is 0.825. The number of carbonyl (C=O) groups excluding carboxylic acids is 1. The Kier molecular flexibility index (Phi) is 8.91. The molecule has 0 spiro atoms. The van der Waals surface area contributed by atoms with Crippen LogP contribution in [0.5, 0.6) is 0 Å². The van der Waals surface area contributed by atoms with Crippen LogP contribution in [-0.4, -0.2) is 42.2 Å². The molecule has 5 heteroatoms. The van der Waals surface area contributed by atoms with E-state index in [1.807, 2.05) is 0 Å². The van der Waals surface area contributed by atoms with Crippen LogP contribution in [0.15, 0.2) is 24.3 Å². The second kappa shape index (κ2) is 10.1. The van der Waals surface area contributed by atoms with Crippen molar-refractivity contribution in [3.05, 3.63) is 35.4 Å². The van der Waals surface area contributed by atoms with Gasteiger partial charge < -0.3 is 10.2 Å². The third-order valence-corrected chi connectivity index (χ3v) is 4.83. The molecule has 1 amide bonds. The van der Waals surface area contributed by atoms with Crippen molar-refractivity contribution >= 4 is 30.1 Å². The van der Waals surface area contributed by atoms with Gasteiger partial charge in [0.2, 0.25) is 5.91 Å². The zero-order valence-electron chi connectivity index (χ0n) is 13.5. The zero-order valence-corrected chi connectivity index (χ0v) is 15.1. The van der Waals surface area contributed by atoms with Gasteiger partial charge in [-0.2, -0.15) is 0 Å². The normalized spacial score (nSPS) is 17.1. The Balaban J connectivity index is 0.00000242. The third-order valence-electron chi connectivity index (χ3n) is 3.84. The van der Waals surface area contributed by atoms with Crippen LogP contribution in [0, 0.1) is 6.92 Å². The van der Waals surface area contributed by atoms with Gasteiger partial charge in [-0.3, -0.25) is 4.79 Å². The molecular weight excluding hydrogens is 316 g/mol. The summed E-state index contributed by atoms with van der Waals surface area (Å²) in [6, 6.07) is 8.92. The van der Waals surface area contributed by atoms with Crippen LogP contribution in [0.4, 0.5) is 0 Å². The van der Waals surface area contributed by atoms with Crippen molar-refractivity contribution in [3.8, 4) is 0 Å². The maximum absolute atomic E-state index is 12.5. The van der Waals surface area contributed by atoms with E-state index in [0.29, 0.717) is 17.7 Å². The Labute approximate surface area is 144 Å². The molecule has 22 heavy (non-hydrogen) atoms. The van der Waals surface area contributed by atoms with Crippen LogP contribution in [0.25, 0.3) is 0 Å². The number of benzene rings is 1. The van der Waals surface area contributed by atoms with Gasteiger partial charge in [0.25, 0.3) is 0 Å². The fraction of sp³-hybridized carbons (Fsp3) is 0.588. The molecule has 0 radical (unpaired) electrons. The van der Waals surface area contributed by atoms with Crippen molar-refractivity contribution in [1.82, 2.24) is 10.2 Å².